The molecule has 1 aromatic rings. The number of amides is 2. The van der Waals surface area contributed by atoms with Crippen LogP contribution in [0.25, 0.3) is 0 Å². The summed E-state index contributed by atoms with van der Waals surface area (Å²) in [6.45, 7) is 14.2. The van der Waals surface area contributed by atoms with Crippen molar-refractivity contribution in [1.29, 1.82) is 0 Å². The third-order valence-corrected chi connectivity index (χ3v) is 6.04. The summed E-state index contributed by atoms with van der Waals surface area (Å²) in [6, 6.07) is 9.13. The second-order valence-corrected chi connectivity index (χ2v) is 10.4. The van der Waals surface area contributed by atoms with Gasteiger partial charge in [0.15, 0.2) is 11.6 Å². The number of nitrogens with zero attached hydrogens (tertiary/aromatic N) is 3. The Hall–Kier alpha value is -2.37. The van der Waals surface area contributed by atoms with Gasteiger partial charge in [-0.1, -0.05) is 64.9 Å². The first-order chi connectivity index (χ1) is 13.3. The molecule has 2 heterocycles. The van der Waals surface area contributed by atoms with E-state index >= 15 is 0 Å². The van der Waals surface area contributed by atoms with Crippen molar-refractivity contribution in [2.45, 2.75) is 72.7 Å². The molecule has 29 heavy (non-hydrogen) atoms. The lowest BCUT2D eigenvalue weighted by Gasteiger charge is -2.42. The molecule has 6 heteroatoms. The van der Waals surface area contributed by atoms with E-state index in [1.54, 1.807) is 29.0 Å². The van der Waals surface area contributed by atoms with E-state index in [-0.39, 0.29) is 22.6 Å². The van der Waals surface area contributed by atoms with Gasteiger partial charge in [0.2, 0.25) is 0 Å². The van der Waals surface area contributed by atoms with Crippen LogP contribution >= 0.6 is 0 Å². The Morgan fingerprint density at radius 2 is 1.72 bits per heavy atom. The molecule has 3 atom stereocenters. The average molecular weight is 400 g/mol. The van der Waals surface area contributed by atoms with Crippen LogP contribution in [0.5, 0.6) is 0 Å². The lowest BCUT2D eigenvalue weighted by atomic mass is 9.81. The predicted octanol–water partition coefficient (Wildman–Crippen LogP) is 3.92. The fourth-order valence-electron chi connectivity index (χ4n) is 4.42. The molecule has 0 aromatic heterocycles. The Morgan fingerprint density at radius 3 is 2.21 bits per heavy atom. The fraction of sp³-hybridized carbons (Fsp3) is 0.609. The van der Waals surface area contributed by atoms with Gasteiger partial charge in [-0.3, -0.25) is 14.5 Å². The number of carbonyl (C=O) groups excluding carboxylic acids is 2. The Bertz CT molecular complexity index is 835. The van der Waals surface area contributed by atoms with Gasteiger partial charge in [-0.25, -0.2) is 0 Å². The van der Waals surface area contributed by atoms with Crippen molar-refractivity contribution < 1.29 is 14.4 Å². The normalized spacial score (nSPS) is 27.9. The van der Waals surface area contributed by atoms with Crippen LogP contribution in [-0.4, -0.2) is 52.2 Å². The van der Waals surface area contributed by atoms with Crippen molar-refractivity contribution in [2.24, 2.45) is 16.0 Å². The van der Waals surface area contributed by atoms with E-state index in [1.165, 1.54) is 0 Å². The molecular formula is C23H33N3O3. The summed E-state index contributed by atoms with van der Waals surface area (Å²) >= 11 is 0. The molecule has 1 aromatic carbocycles. The molecule has 1 unspecified atom stereocenters. The predicted molar refractivity (Wildman–Crippen MR) is 113 cm³/mol. The van der Waals surface area contributed by atoms with E-state index < -0.39 is 17.8 Å². The van der Waals surface area contributed by atoms with E-state index in [0.717, 1.165) is 5.71 Å². The largest absolute Gasteiger partial charge is 0.389 e. The van der Waals surface area contributed by atoms with Crippen LogP contribution in [0.4, 0.5) is 0 Å². The minimum Gasteiger partial charge on any atom is -0.389 e. The molecular weight excluding hydrogens is 366 g/mol. The Balaban J connectivity index is 2.08. The molecule has 2 amide bonds. The molecule has 0 radical (unpaired) electrons. The highest BCUT2D eigenvalue weighted by molar-refractivity contribution is 6.02. The highest BCUT2D eigenvalue weighted by Crippen LogP contribution is 2.45. The molecule has 6 nitrogen and oxygen atoms in total. The van der Waals surface area contributed by atoms with Gasteiger partial charge in [0.25, 0.3) is 11.8 Å². The van der Waals surface area contributed by atoms with E-state index in [9.17, 15) is 9.59 Å². The molecule has 0 bridgehead atoms. The molecule has 0 N–H and O–H groups in total. The number of hydrogen-bond donors (Lipinski definition) is 0. The number of rotatable bonds is 2. The fourth-order valence-corrected chi connectivity index (χ4v) is 4.42. The van der Waals surface area contributed by atoms with Gasteiger partial charge in [-0.05, 0) is 19.1 Å². The number of oxime groups is 1. The van der Waals surface area contributed by atoms with Crippen molar-refractivity contribution in [3.63, 3.8) is 0 Å². The number of hydrogen-bond acceptors (Lipinski definition) is 4. The van der Waals surface area contributed by atoms with Gasteiger partial charge in [0.05, 0.1) is 5.71 Å². The second kappa shape index (κ2) is 6.85. The van der Waals surface area contributed by atoms with Crippen molar-refractivity contribution in [2.75, 3.05) is 7.05 Å². The summed E-state index contributed by atoms with van der Waals surface area (Å²) in [7, 11) is 1.77. The van der Waals surface area contributed by atoms with Crippen LogP contribution < -0.4 is 0 Å². The summed E-state index contributed by atoms with van der Waals surface area (Å²) in [4.78, 5) is 36.5. The summed E-state index contributed by atoms with van der Waals surface area (Å²) in [5.74, 6) is -0.282. The quantitative estimate of drug-likeness (QED) is 0.757. The van der Waals surface area contributed by atoms with Crippen LogP contribution in [0, 0.1) is 10.8 Å². The molecule has 3 rings (SSSR count). The maximum atomic E-state index is 13.7. The van der Waals surface area contributed by atoms with Crippen LogP contribution in [0.1, 0.15) is 65.2 Å². The van der Waals surface area contributed by atoms with Gasteiger partial charge in [0, 0.05) is 29.9 Å². The summed E-state index contributed by atoms with van der Waals surface area (Å²) in [5, 5.41) is 4.30. The molecule has 158 valence electrons. The molecule has 2 aliphatic rings. The molecule has 0 aliphatic carbocycles. The van der Waals surface area contributed by atoms with Crippen LogP contribution in [-0.2, 0) is 9.63 Å². The maximum absolute atomic E-state index is 13.7. The third kappa shape index (κ3) is 3.43. The first kappa shape index (κ1) is 21.3. The average Bonchev–Trinajstić information content (AvgIpc) is 3.21. The first-order valence-electron chi connectivity index (χ1n) is 10.2. The Kier molecular flexibility index (Phi) is 5.04. The van der Waals surface area contributed by atoms with Crippen molar-refractivity contribution >= 4 is 17.5 Å². The van der Waals surface area contributed by atoms with Crippen molar-refractivity contribution in [3.8, 4) is 0 Å². The molecule has 0 spiro atoms. The minimum absolute atomic E-state index is 0.114. The SMILES string of the molecule is CN1C(=O)[C@@](C)(C2CC(C(C)(C)C)=NO2)N(C(=O)c2ccccc2)[C@H]1C(C)(C)C. The maximum Gasteiger partial charge on any atom is 0.256 e. The van der Waals surface area contributed by atoms with Crippen molar-refractivity contribution in [3.05, 3.63) is 35.9 Å². The highest BCUT2D eigenvalue weighted by Gasteiger charge is 2.64. The number of benzene rings is 1. The molecule has 0 saturated carbocycles. The molecule has 1 saturated heterocycles. The van der Waals surface area contributed by atoms with Crippen LogP contribution in [0.2, 0.25) is 0 Å². The van der Waals surface area contributed by atoms with E-state index in [1.807, 2.05) is 45.9 Å². The summed E-state index contributed by atoms with van der Waals surface area (Å²) in [6.07, 6.45) is -0.392. The second-order valence-electron chi connectivity index (χ2n) is 10.4. The Labute approximate surface area is 173 Å². The van der Waals surface area contributed by atoms with Gasteiger partial charge < -0.3 is 9.74 Å². The standard InChI is InChI=1S/C23H33N3O3/c1-21(2,3)16-14-17(29-24-16)23(7)20(28)25(8)19(22(4,5)6)26(23)18(27)15-12-10-9-11-13-15/h9-13,17,19H,14H2,1-8H3/t17?,19-,23+/m0/s1. The topological polar surface area (TPSA) is 62.2 Å². The van der Waals surface area contributed by atoms with Gasteiger partial charge in [0.1, 0.15) is 6.17 Å². The van der Waals surface area contributed by atoms with Crippen LogP contribution in [0.3, 0.4) is 0 Å². The zero-order valence-electron chi connectivity index (χ0n) is 18.8. The minimum atomic E-state index is -1.14. The van der Waals surface area contributed by atoms with Crippen LogP contribution in [0.15, 0.2) is 35.5 Å². The summed E-state index contributed by atoms with van der Waals surface area (Å²) < 4.78 is 0. The number of likely N-dealkylation sites (N-methyl/N-ethyl adjacent to an activating group) is 1. The zero-order chi connectivity index (χ0) is 21.8. The lowest BCUT2D eigenvalue weighted by molar-refractivity contribution is -0.138. The summed E-state index contributed by atoms with van der Waals surface area (Å²) in [5.41, 5.74) is -0.165. The van der Waals surface area contributed by atoms with Gasteiger partial charge in [-0.2, -0.15) is 0 Å². The smallest absolute Gasteiger partial charge is 0.256 e. The van der Waals surface area contributed by atoms with E-state index in [4.69, 9.17) is 4.84 Å². The van der Waals surface area contributed by atoms with Crippen molar-refractivity contribution in [1.82, 2.24) is 9.80 Å². The van der Waals surface area contributed by atoms with Gasteiger partial charge >= 0.3 is 0 Å². The molecule has 2 aliphatic heterocycles. The monoisotopic (exact) mass is 399 g/mol. The zero-order valence-corrected chi connectivity index (χ0v) is 18.8. The van der Waals surface area contributed by atoms with E-state index in [0.29, 0.717) is 12.0 Å². The molecule has 1 fully saturated rings. The Morgan fingerprint density at radius 1 is 1.14 bits per heavy atom. The lowest BCUT2D eigenvalue weighted by Crippen LogP contribution is -2.60. The van der Waals surface area contributed by atoms with Gasteiger partial charge in [-0.15, -0.1) is 0 Å². The highest BCUT2D eigenvalue weighted by atomic mass is 16.6. The number of carbonyl (C=O) groups is 2. The van der Waals surface area contributed by atoms with E-state index in [2.05, 4.69) is 25.9 Å². The first-order valence-corrected chi connectivity index (χ1v) is 10.2. The third-order valence-electron chi connectivity index (χ3n) is 6.04.